The van der Waals surface area contributed by atoms with Crippen molar-refractivity contribution in [1.82, 2.24) is 9.97 Å². The number of rotatable bonds is 5. The zero-order chi connectivity index (χ0) is 12.9. The molecule has 0 spiro atoms. The molecule has 4 heteroatoms. The molecule has 17 heavy (non-hydrogen) atoms. The zero-order valence-electron chi connectivity index (χ0n) is 11.1. The summed E-state index contributed by atoms with van der Waals surface area (Å²) in [6.45, 7) is 8.71. The van der Waals surface area contributed by atoms with Crippen LogP contribution in [0.2, 0.25) is 0 Å². The normalized spacial score (nSPS) is 13.5. The number of aromatic nitrogens is 2. The van der Waals surface area contributed by atoms with Gasteiger partial charge in [0.2, 0.25) is 0 Å². The molecule has 1 unspecified atom stereocenters. The molecule has 1 rings (SSSR count). The molecule has 0 radical (unpaired) electrons. The Bertz CT molecular complexity index is 347. The molecule has 0 saturated carbocycles. The maximum atomic E-state index is 5.85. The second-order valence-electron chi connectivity index (χ2n) is 5.29. The maximum Gasteiger partial charge on any atom is 0.129 e. The minimum Gasteiger partial charge on any atom is -0.367 e. The van der Waals surface area contributed by atoms with Crippen LogP contribution in [-0.4, -0.2) is 21.9 Å². The summed E-state index contributed by atoms with van der Waals surface area (Å²) in [5, 5.41) is 3.46. The number of nitrogens with one attached hydrogen (secondary N) is 1. The third kappa shape index (κ3) is 4.50. The summed E-state index contributed by atoms with van der Waals surface area (Å²) in [6, 6.07) is 2.33. The monoisotopic (exact) mass is 255 g/mol. The Morgan fingerprint density at radius 3 is 2.59 bits per heavy atom. The Kier molecular flexibility index (Phi) is 5.19. The van der Waals surface area contributed by atoms with E-state index in [1.165, 1.54) is 0 Å². The summed E-state index contributed by atoms with van der Waals surface area (Å²) in [4.78, 5) is 8.45. The minimum absolute atomic E-state index is 0.159. The van der Waals surface area contributed by atoms with Crippen LogP contribution in [0.3, 0.4) is 0 Å². The summed E-state index contributed by atoms with van der Waals surface area (Å²) in [7, 11) is 0. The number of aryl methyl sites for hydroxylation is 1. The lowest BCUT2D eigenvalue weighted by Crippen LogP contribution is -2.34. The van der Waals surface area contributed by atoms with Crippen LogP contribution in [0.1, 0.15) is 39.8 Å². The Morgan fingerprint density at radius 1 is 1.35 bits per heavy atom. The van der Waals surface area contributed by atoms with E-state index >= 15 is 0 Å². The van der Waals surface area contributed by atoms with Crippen molar-refractivity contribution in [1.29, 1.82) is 0 Å². The van der Waals surface area contributed by atoms with Crippen molar-refractivity contribution in [3.8, 4) is 0 Å². The van der Waals surface area contributed by atoms with Crippen LogP contribution in [0.15, 0.2) is 12.4 Å². The van der Waals surface area contributed by atoms with Crippen LogP contribution in [-0.2, 0) is 6.42 Å². The van der Waals surface area contributed by atoms with Gasteiger partial charge in [-0.2, -0.15) is 0 Å². The summed E-state index contributed by atoms with van der Waals surface area (Å²) >= 11 is 5.85. The van der Waals surface area contributed by atoms with Crippen molar-refractivity contribution in [3.63, 3.8) is 0 Å². The molecule has 0 bridgehead atoms. The third-order valence-corrected chi connectivity index (χ3v) is 3.07. The predicted octanol–water partition coefficient (Wildman–Crippen LogP) is 3.49. The SMILES string of the molecule is CCc1cc(NC(CCCl)C(C)(C)C)ncn1. The molecule has 0 aromatic carbocycles. The molecule has 0 aliphatic carbocycles. The first-order valence-electron chi connectivity index (χ1n) is 6.10. The van der Waals surface area contributed by atoms with E-state index in [4.69, 9.17) is 11.6 Å². The highest BCUT2D eigenvalue weighted by atomic mass is 35.5. The zero-order valence-corrected chi connectivity index (χ0v) is 11.9. The van der Waals surface area contributed by atoms with Crippen LogP contribution < -0.4 is 5.32 Å². The van der Waals surface area contributed by atoms with Crippen molar-refractivity contribution in [2.75, 3.05) is 11.2 Å². The highest BCUT2D eigenvalue weighted by Crippen LogP contribution is 2.25. The van der Waals surface area contributed by atoms with Crippen LogP contribution >= 0.6 is 11.6 Å². The lowest BCUT2D eigenvalue weighted by molar-refractivity contribution is 0.334. The minimum atomic E-state index is 0.159. The molecule has 0 saturated heterocycles. The smallest absolute Gasteiger partial charge is 0.129 e. The van der Waals surface area contributed by atoms with Gasteiger partial charge in [-0.3, -0.25) is 0 Å². The van der Waals surface area contributed by atoms with E-state index in [1.54, 1.807) is 6.33 Å². The van der Waals surface area contributed by atoms with Gasteiger partial charge >= 0.3 is 0 Å². The molecule has 0 fully saturated rings. The van der Waals surface area contributed by atoms with Gasteiger partial charge in [0.15, 0.2) is 0 Å². The van der Waals surface area contributed by atoms with Gasteiger partial charge in [0.05, 0.1) is 0 Å². The molecule has 3 nitrogen and oxygen atoms in total. The van der Waals surface area contributed by atoms with Crippen LogP contribution in [0.5, 0.6) is 0 Å². The molecule has 0 aliphatic heterocycles. The molecule has 0 amide bonds. The lowest BCUT2D eigenvalue weighted by atomic mass is 9.85. The van der Waals surface area contributed by atoms with E-state index in [0.29, 0.717) is 11.9 Å². The van der Waals surface area contributed by atoms with Gasteiger partial charge in [0.25, 0.3) is 0 Å². The van der Waals surface area contributed by atoms with Crippen molar-refractivity contribution >= 4 is 17.4 Å². The molecule has 1 aromatic heterocycles. The average Bonchev–Trinajstić information content (AvgIpc) is 2.27. The Hall–Kier alpha value is -0.830. The fourth-order valence-electron chi connectivity index (χ4n) is 1.68. The quantitative estimate of drug-likeness (QED) is 0.819. The van der Waals surface area contributed by atoms with Crippen molar-refractivity contribution in [2.45, 2.75) is 46.6 Å². The summed E-state index contributed by atoms with van der Waals surface area (Å²) in [5.41, 5.74) is 1.22. The van der Waals surface area contributed by atoms with E-state index in [-0.39, 0.29) is 5.41 Å². The first-order valence-corrected chi connectivity index (χ1v) is 6.64. The highest BCUT2D eigenvalue weighted by Gasteiger charge is 2.24. The van der Waals surface area contributed by atoms with Crippen LogP contribution in [0.25, 0.3) is 0 Å². The number of halogens is 1. The molecule has 1 aromatic rings. The standard InChI is InChI=1S/C13H22ClN3/c1-5-10-8-12(16-9-15-10)17-11(6-7-14)13(2,3)4/h8-9,11H,5-7H2,1-4H3,(H,15,16,17). The average molecular weight is 256 g/mol. The van der Waals surface area contributed by atoms with Gasteiger partial charge in [0, 0.05) is 23.7 Å². The van der Waals surface area contributed by atoms with Gasteiger partial charge in [-0.25, -0.2) is 9.97 Å². The molecule has 96 valence electrons. The number of alkyl halides is 1. The highest BCUT2D eigenvalue weighted by molar-refractivity contribution is 6.17. The van der Waals surface area contributed by atoms with Gasteiger partial charge < -0.3 is 5.32 Å². The summed E-state index contributed by atoms with van der Waals surface area (Å²) in [6.07, 6.45) is 3.46. The van der Waals surface area contributed by atoms with E-state index in [2.05, 4.69) is 43.0 Å². The molecule has 1 atom stereocenters. The summed E-state index contributed by atoms with van der Waals surface area (Å²) < 4.78 is 0. The molecule has 1 heterocycles. The van der Waals surface area contributed by atoms with Gasteiger partial charge in [-0.1, -0.05) is 27.7 Å². The summed E-state index contributed by atoms with van der Waals surface area (Å²) in [5.74, 6) is 1.54. The second-order valence-corrected chi connectivity index (χ2v) is 5.67. The van der Waals surface area contributed by atoms with Crippen LogP contribution in [0, 0.1) is 5.41 Å². The Balaban J connectivity index is 2.78. The maximum absolute atomic E-state index is 5.85. The largest absolute Gasteiger partial charge is 0.367 e. The fraction of sp³-hybridized carbons (Fsp3) is 0.692. The van der Waals surface area contributed by atoms with Crippen molar-refractivity contribution in [2.24, 2.45) is 5.41 Å². The first-order chi connectivity index (χ1) is 7.97. The number of nitrogens with zero attached hydrogens (tertiary/aromatic N) is 2. The second kappa shape index (κ2) is 6.20. The lowest BCUT2D eigenvalue weighted by Gasteiger charge is -2.31. The third-order valence-electron chi connectivity index (χ3n) is 2.85. The van der Waals surface area contributed by atoms with E-state index in [1.807, 2.05) is 6.07 Å². The van der Waals surface area contributed by atoms with Crippen molar-refractivity contribution in [3.05, 3.63) is 18.1 Å². The topological polar surface area (TPSA) is 37.8 Å². The predicted molar refractivity (Wildman–Crippen MR) is 73.6 cm³/mol. The Labute approximate surface area is 109 Å². The number of hydrogen-bond donors (Lipinski definition) is 1. The van der Waals surface area contributed by atoms with E-state index in [9.17, 15) is 0 Å². The molecule has 0 aliphatic rings. The van der Waals surface area contributed by atoms with Gasteiger partial charge in [-0.05, 0) is 18.3 Å². The first kappa shape index (κ1) is 14.2. The van der Waals surface area contributed by atoms with Gasteiger partial charge in [0.1, 0.15) is 12.1 Å². The Morgan fingerprint density at radius 2 is 2.06 bits per heavy atom. The molecular formula is C13H22ClN3. The number of anilines is 1. The van der Waals surface area contributed by atoms with Gasteiger partial charge in [-0.15, -0.1) is 11.6 Å². The fourth-order valence-corrected chi connectivity index (χ4v) is 1.90. The molecule has 1 N–H and O–H groups in total. The molecular weight excluding hydrogens is 234 g/mol. The van der Waals surface area contributed by atoms with Crippen LogP contribution in [0.4, 0.5) is 5.82 Å². The number of hydrogen-bond acceptors (Lipinski definition) is 3. The van der Waals surface area contributed by atoms with E-state index < -0.39 is 0 Å². The van der Waals surface area contributed by atoms with Crippen molar-refractivity contribution < 1.29 is 0 Å². The van der Waals surface area contributed by atoms with E-state index in [0.717, 1.165) is 24.4 Å².